The summed E-state index contributed by atoms with van der Waals surface area (Å²) in [4.78, 5) is 2.39. The van der Waals surface area contributed by atoms with E-state index in [-0.39, 0.29) is 6.04 Å². The van der Waals surface area contributed by atoms with Crippen LogP contribution in [0.2, 0.25) is 5.02 Å². The Bertz CT molecular complexity index is 355. The van der Waals surface area contributed by atoms with E-state index in [1.165, 1.54) is 5.56 Å². The largest absolute Gasteiger partial charge is 0.380 e. The first-order valence-electron chi connectivity index (χ1n) is 5.97. The van der Waals surface area contributed by atoms with E-state index in [0.29, 0.717) is 12.6 Å². The van der Waals surface area contributed by atoms with Crippen molar-refractivity contribution < 1.29 is 4.74 Å². The van der Waals surface area contributed by atoms with Gasteiger partial charge in [0.05, 0.1) is 6.10 Å². The molecule has 4 heteroatoms. The van der Waals surface area contributed by atoms with E-state index in [1.807, 2.05) is 12.1 Å². The number of rotatable bonds is 4. The van der Waals surface area contributed by atoms with E-state index < -0.39 is 0 Å². The van der Waals surface area contributed by atoms with E-state index in [1.54, 1.807) is 7.11 Å². The highest BCUT2D eigenvalue weighted by Crippen LogP contribution is 2.26. The van der Waals surface area contributed by atoms with Gasteiger partial charge in [-0.2, -0.15) is 0 Å². The minimum Gasteiger partial charge on any atom is -0.380 e. The second-order valence-corrected chi connectivity index (χ2v) is 4.88. The smallest absolute Gasteiger partial charge is 0.0710 e. The van der Waals surface area contributed by atoms with Gasteiger partial charge in [0.25, 0.3) is 0 Å². The van der Waals surface area contributed by atoms with Crippen LogP contribution in [0.4, 0.5) is 0 Å². The third kappa shape index (κ3) is 2.99. The summed E-state index contributed by atoms with van der Waals surface area (Å²) in [5.74, 6) is 0. The molecular weight excluding hydrogens is 236 g/mol. The molecule has 2 unspecified atom stereocenters. The molecular formula is C13H19ClN2O. The summed E-state index contributed by atoms with van der Waals surface area (Å²) < 4.78 is 5.39. The Morgan fingerprint density at radius 3 is 2.71 bits per heavy atom. The molecule has 1 fully saturated rings. The summed E-state index contributed by atoms with van der Waals surface area (Å²) in [6, 6.07) is 8.22. The van der Waals surface area contributed by atoms with Crippen molar-refractivity contribution in [2.75, 3.05) is 26.7 Å². The fraction of sp³-hybridized carbons (Fsp3) is 0.538. The number of nitrogens with two attached hydrogens (primary N) is 1. The molecule has 1 heterocycles. The fourth-order valence-electron chi connectivity index (χ4n) is 2.41. The number of benzene rings is 1. The molecule has 1 aromatic rings. The summed E-state index contributed by atoms with van der Waals surface area (Å²) in [6.45, 7) is 2.63. The highest BCUT2D eigenvalue weighted by molar-refractivity contribution is 6.30. The van der Waals surface area contributed by atoms with Crippen LogP contribution in [0.15, 0.2) is 24.3 Å². The fourth-order valence-corrected chi connectivity index (χ4v) is 2.54. The Morgan fingerprint density at radius 2 is 2.18 bits per heavy atom. The molecule has 2 N–H and O–H groups in total. The summed E-state index contributed by atoms with van der Waals surface area (Å²) >= 11 is 5.90. The third-order valence-electron chi connectivity index (χ3n) is 3.43. The van der Waals surface area contributed by atoms with Gasteiger partial charge in [-0.3, -0.25) is 4.90 Å². The molecule has 3 nitrogen and oxygen atoms in total. The van der Waals surface area contributed by atoms with Crippen molar-refractivity contribution in [1.29, 1.82) is 0 Å². The monoisotopic (exact) mass is 254 g/mol. The van der Waals surface area contributed by atoms with Crippen molar-refractivity contribution >= 4 is 11.6 Å². The van der Waals surface area contributed by atoms with Gasteiger partial charge in [-0.25, -0.2) is 0 Å². The summed E-state index contributed by atoms with van der Waals surface area (Å²) in [5, 5.41) is 0.765. The molecule has 0 amide bonds. The predicted octanol–water partition coefficient (Wildman–Crippen LogP) is 2.06. The van der Waals surface area contributed by atoms with Gasteiger partial charge in [0.2, 0.25) is 0 Å². The molecule has 2 rings (SSSR count). The number of ether oxygens (including phenoxy) is 1. The van der Waals surface area contributed by atoms with Gasteiger partial charge in [-0.1, -0.05) is 23.7 Å². The zero-order valence-electron chi connectivity index (χ0n) is 10.1. The van der Waals surface area contributed by atoms with E-state index in [0.717, 1.165) is 24.5 Å². The number of hydrogen-bond donors (Lipinski definition) is 1. The first kappa shape index (κ1) is 12.8. The molecule has 1 aliphatic rings. The molecule has 1 saturated heterocycles. The summed E-state index contributed by atoms with van der Waals surface area (Å²) in [6.07, 6.45) is 1.43. The third-order valence-corrected chi connectivity index (χ3v) is 3.68. The van der Waals surface area contributed by atoms with Gasteiger partial charge < -0.3 is 10.5 Å². The maximum Gasteiger partial charge on any atom is 0.0710 e. The zero-order chi connectivity index (χ0) is 12.3. The van der Waals surface area contributed by atoms with Crippen LogP contribution >= 0.6 is 11.6 Å². The van der Waals surface area contributed by atoms with Gasteiger partial charge in [-0.15, -0.1) is 0 Å². The van der Waals surface area contributed by atoms with Crippen molar-refractivity contribution in [2.24, 2.45) is 5.73 Å². The maximum atomic E-state index is 5.90. The first-order chi connectivity index (χ1) is 8.24. The molecule has 0 spiro atoms. The predicted molar refractivity (Wildman–Crippen MR) is 70.2 cm³/mol. The lowest BCUT2D eigenvalue weighted by Gasteiger charge is -2.27. The van der Waals surface area contributed by atoms with E-state index >= 15 is 0 Å². The van der Waals surface area contributed by atoms with Gasteiger partial charge >= 0.3 is 0 Å². The molecule has 1 aliphatic heterocycles. The average molecular weight is 255 g/mol. The molecule has 2 atom stereocenters. The van der Waals surface area contributed by atoms with Crippen molar-refractivity contribution in [3.05, 3.63) is 34.9 Å². The van der Waals surface area contributed by atoms with Crippen LogP contribution in [0.1, 0.15) is 18.0 Å². The van der Waals surface area contributed by atoms with Crippen molar-refractivity contribution in [3.8, 4) is 0 Å². The molecule has 1 aromatic carbocycles. The summed E-state index contributed by atoms with van der Waals surface area (Å²) in [7, 11) is 1.77. The average Bonchev–Trinajstić information content (AvgIpc) is 2.81. The molecule has 94 valence electrons. The minimum absolute atomic E-state index is 0.271. The van der Waals surface area contributed by atoms with Crippen LogP contribution in [-0.4, -0.2) is 37.7 Å². The van der Waals surface area contributed by atoms with Crippen LogP contribution in [0.5, 0.6) is 0 Å². The van der Waals surface area contributed by atoms with Crippen molar-refractivity contribution in [3.63, 3.8) is 0 Å². The second kappa shape index (κ2) is 5.83. The topological polar surface area (TPSA) is 38.5 Å². The molecule has 0 bridgehead atoms. The van der Waals surface area contributed by atoms with Crippen LogP contribution < -0.4 is 5.73 Å². The number of likely N-dealkylation sites (tertiary alicyclic amines) is 1. The molecule has 0 radical (unpaired) electrons. The van der Waals surface area contributed by atoms with E-state index in [9.17, 15) is 0 Å². The van der Waals surface area contributed by atoms with E-state index in [4.69, 9.17) is 22.1 Å². The lowest BCUT2D eigenvalue weighted by atomic mass is 10.1. The number of nitrogens with zero attached hydrogens (tertiary/aromatic N) is 1. The zero-order valence-corrected chi connectivity index (χ0v) is 10.9. The summed E-state index contributed by atoms with van der Waals surface area (Å²) in [5.41, 5.74) is 7.12. The number of halogens is 1. The van der Waals surface area contributed by atoms with Crippen molar-refractivity contribution in [2.45, 2.75) is 18.6 Å². The molecule has 0 aliphatic carbocycles. The van der Waals surface area contributed by atoms with Crippen LogP contribution in [0, 0.1) is 0 Å². The molecule has 17 heavy (non-hydrogen) atoms. The molecule has 0 saturated carbocycles. The van der Waals surface area contributed by atoms with Crippen LogP contribution in [0.25, 0.3) is 0 Å². The normalized spacial score (nSPS) is 22.9. The van der Waals surface area contributed by atoms with Gasteiger partial charge in [0.15, 0.2) is 0 Å². The quantitative estimate of drug-likeness (QED) is 0.894. The minimum atomic E-state index is 0.271. The lowest BCUT2D eigenvalue weighted by molar-refractivity contribution is 0.101. The Morgan fingerprint density at radius 1 is 1.47 bits per heavy atom. The lowest BCUT2D eigenvalue weighted by Crippen LogP contribution is -2.32. The van der Waals surface area contributed by atoms with E-state index in [2.05, 4.69) is 17.0 Å². The maximum absolute atomic E-state index is 5.90. The second-order valence-electron chi connectivity index (χ2n) is 4.44. The SMILES string of the molecule is COC1CCN(C(CN)c2ccc(Cl)cc2)C1. The first-order valence-corrected chi connectivity index (χ1v) is 6.34. The number of hydrogen-bond acceptors (Lipinski definition) is 3. The standard InChI is InChI=1S/C13H19ClN2O/c1-17-12-6-7-16(9-12)13(8-15)10-2-4-11(14)5-3-10/h2-5,12-13H,6-9,15H2,1H3. The van der Waals surface area contributed by atoms with Gasteiger partial charge in [0, 0.05) is 37.8 Å². The van der Waals surface area contributed by atoms with Gasteiger partial charge in [-0.05, 0) is 24.1 Å². The Hall–Kier alpha value is -0.610. The molecule has 0 aromatic heterocycles. The highest BCUT2D eigenvalue weighted by atomic mass is 35.5. The van der Waals surface area contributed by atoms with Crippen molar-refractivity contribution in [1.82, 2.24) is 4.90 Å². The van der Waals surface area contributed by atoms with Crippen LogP contribution in [0.3, 0.4) is 0 Å². The highest BCUT2D eigenvalue weighted by Gasteiger charge is 2.28. The Labute approximate surface area is 107 Å². The van der Waals surface area contributed by atoms with Crippen LogP contribution in [-0.2, 0) is 4.74 Å². The van der Waals surface area contributed by atoms with Gasteiger partial charge in [0.1, 0.15) is 0 Å². The Balaban J connectivity index is 2.08. The number of methoxy groups -OCH3 is 1. The Kier molecular flexibility index (Phi) is 4.40.